The van der Waals surface area contributed by atoms with Crippen molar-refractivity contribution in [3.63, 3.8) is 0 Å². The fourth-order valence-electron chi connectivity index (χ4n) is 1.88. The standard InChI is InChI=1S/C17H17N3O2S/c1-13-2-8-16(9-3-13)23(22)19-12-17(21)20-15-6-4-14(5-7-15)10-11-18/h2-9,19H,10,12H2,1H3,(H,20,21). The van der Waals surface area contributed by atoms with Gasteiger partial charge >= 0.3 is 0 Å². The lowest BCUT2D eigenvalue weighted by Crippen LogP contribution is -2.29. The minimum Gasteiger partial charge on any atom is -0.325 e. The predicted molar refractivity (Wildman–Crippen MR) is 90.0 cm³/mol. The topological polar surface area (TPSA) is 82.0 Å². The average Bonchev–Trinajstić information content (AvgIpc) is 2.55. The lowest BCUT2D eigenvalue weighted by molar-refractivity contribution is -0.115. The van der Waals surface area contributed by atoms with Crippen molar-refractivity contribution >= 4 is 22.6 Å². The summed E-state index contributed by atoms with van der Waals surface area (Å²) in [6.45, 7) is 1.90. The van der Waals surface area contributed by atoms with Gasteiger partial charge < -0.3 is 5.32 Å². The van der Waals surface area contributed by atoms with Crippen LogP contribution in [0.3, 0.4) is 0 Å². The number of anilines is 1. The van der Waals surface area contributed by atoms with Gasteiger partial charge in [0.25, 0.3) is 0 Å². The molecule has 0 bridgehead atoms. The van der Waals surface area contributed by atoms with Gasteiger partial charge in [-0.25, -0.2) is 8.93 Å². The van der Waals surface area contributed by atoms with E-state index in [1.165, 1.54) is 0 Å². The van der Waals surface area contributed by atoms with E-state index in [0.29, 0.717) is 17.0 Å². The van der Waals surface area contributed by atoms with Crippen LogP contribution in [0.1, 0.15) is 11.1 Å². The van der Waals surface area contributed by atoms with Gasteiger partial charge in [0.05, 0.1) is 23.9 Å². The van der Waals surface area contributed by atoms with Gasteiger partial charge in [-0.2, -0.15) is 5.26 Å². The first-order chi connectivity index (χ1) is 11.1. The molecule has 0 spiro atoms. The van der Waals surface area contributed by atoms with E-state index in [9.17, 15) is 9.00 Å². The number of carbonyl (C=O) groups excluding carboxylic acids is 1. The first-order valence-corrected chi connectivity index (χ1v) is 8.21. The molecule has 0 heterocycles. The Morgan fingerprint density at radius 3 is 2.39 bits per heavy atom. The zero-order chi connectivity index (χ0) is 16.7. The number of nitrogens with zero attached hydrogens (tertiary/aromatic N) is 1. The summed E-state index contributed by atoms with van der Waals surface area (Å²) in [7, 11) is -1.42. The largest absolute Gasteiger partial charge is 0.325 e. The van der Waals surface area contributed by atoms with E-state index in [0.717, 1.165) is 11.1 Å². The number of amides is 1. The molecule has 23 heavy (non-hydrogen) atoms. The molecule has 2 aromatic rings. The molecule has 0 aliphatic rings. The number of benzene rings is 2. The summed E-state index contributed by atoms with van der Waals surface area (Å²) in [5.74, 6) is -0.279. The summed E-state index contributed by atoms with van der Waals surface area (Å²) >= 11 is 0. The molecule has 1 unspecified atom stereocenters. The molecule has 0 radical (unpaired) electrons. The number of hydrogen-bond donors (Lipinski definition) is 2. The van der Waals surface area contributed by atoms with E-state index < -0.39 is 11.0 Å². The number of nitrogens with one attached hydrogen (secondary N) is 2. The minimum absolute atomic E-state index is 0.0551. The molecule has 0 aromatic heterocycles. The van der Waals surface area contributed by atoms with Crippen molar-refractivity contribution in [1.82, 2.24) is 4.72 Å². The molecular formula is C17H17N3O2S. The lowest BCUT2D eigenvalue weighted by Gasteiger charge is -2.07. The third-order valence-corrected chi connectivity index (χ3v) is 4.23. The van der Waals surface area contributed by atoms with Gasteiger partial charge in [0.15, 0.2) is 0 Å². The van der Waals surface area contributed by atoms with Crippen LogP contribution in [-0.2, 0) is 22.2 Å². The Morgan fingerprint density at radius 2 is 1.78 bits per heavy atom. The number of hydrogen-bond acceptors (Lipinski definition) is 3. The third kappa shape index (κ3) is 5.33. The van der Waals surface area contributed by atoms with Crippen molar-refractivity contribution in [3.8, 4) is 6.07 Å². The first kappa shape index (κ1) is 16.9. The van der Waals surface area contributed by atoms with E-state index in [2.05, 4.69) is 16.1 Å². The Bertz CT molecular complexity index is 734. The highest BCUT2D eigenvalue weighted by atomic mass is 32.2. The van der Waals surface area contributed by atoms with Gasteiger partial charge in [0, 0.05) is 5.69 Å². The van der Waals surface area contributed by atoms with Crippen LogP contribution < -0.4 is 10.0 Å². The van der Waals surface area contributed by atoms with Crippen LogP contribution in [0.25, 0.3) is 0 Å². The Morgan fingerprint density at radius 1 is 1.13 bits per heavy atom. The van der Waals surface area contributed by atoms with E-state index in [4.69, 9.17) is 5.26 Å². The maximum atomic E-state index is 12.0. The summed E-state index contributed by atoms with van der Waals surface area (Å²) in [6, 6.07) is 16.4. The van der Waals surface area contributed by atoms with E-state index >= 15 is 0 Å². The molecule has 0 saturated carbocycles. The zero-order valence-corrected chi connectivity index (χ0v) is 13.5. The van der Waals surface area contributed by atoms with Crippen LogP contribution in [0.2, 0.25) is 0 Å². The Kier molecular flexibility index (Phi) is 6.03. The Hall–Kier alpha value is -2.49. The molecule has 0 fully saturated rings. The maximum absolute atomic E-state index is 12.0. The third-order valence-electron chi connectivity index (χ3n) is 3.12. The quantitative estimate of drug-likeness (QED) is 0.854. The summed E-state index contributed by atoms with van der Waals surface area (Å²) in [6.07, 6.45) is 0.339. The van der Waals surface area contributed by atoms with Crippen LogP contribution in [0.4, 0.5) is 5.69 Å². The first-order valence-electron chi connectivity index (χ1n) is 7.06. The highest BCUT2D eigenvalue weighted by Crippen LogP contribution is 2.10. The van der Waals surface area contributed by atoms with Crippen molar-refractivity contribution in [2.24, 2.45) is 0 Å². The van der Waals surface area contributed by atoms with Gasteiger partial charge in [-0.3, -0.25) is 4.79 Å². The second-order valence-corrected chi connectivity index (χ2v) is 6.28. The molecule has 6 heteroatoms. The molecule has 0 aliphatic heterocycles. The van der Waals surface area contributed by atoms with Crippen LogP contribution in [-0.4, -0.2) is 16.7 Å². The fraction of sp³-hybridized carbons (Fsp3) is 0.176. The summed E-state index contributed by atoms with van der Waals surface area (Å²) in [5, 5.41) is 11.3. The van der Waals surface area contributed by atoms with Crippen molar-refractivity contribution < 1.29 is 9.00 Å². The predicted octanol–water partition coefficient (Wildman–Crippen LogP) is 2.31. The van der Waals surface area contributed by atoms with E-state index in [-0.39, 0.29) is 12.5 Å². The maximum Gasteiger partial charge on any atom is 0.239 e. The molecule has 118 valence electrons. The average molecular weight is 327 g/mol. The smallest absolute Gasteiger partial charge is 0.239 e. The molecule has 0 saturated heterocycles. The summed E-state index contributed by atoms with van der Waals surface area (Å²) < 4.78 is 14.7. The van der Waals surface area contributed by atoms with Crippen molar-refractivity contribution in [2.75, 3.05) is 11.9 Å². The zero-order valence-electron chi connectivity index (χ0n) is 12.7. The normalized spacial score (nSPS) is 11.5. The van der Waals surface area contributed by atoms with Gasteiger partial charge in [-0.05, 0) is 36.8 Å². The summed E-state index contributed by atoms with van der Waals surface area (Å²) in [4.78, 5) is 12.5. The van der Waals surface area contributed by atoms with Gasteiger partial charge in [0.2, 0.25) is 5.91 Å². The number of aryl methyl sites for hydroxylation is 1. The van der Waals surface area contributed by atoms with Crippen LogP contribution in [0.15, 0.2) is 53.4 Å². The van der Waals surface area contributed by atoms with Crippen molar-refractivity contribution in [1.29, 1.82) is 5.26 Å². The van der Waals surface area contributed by atoms with Crippen molar-refractivity contribution in [3.05, 3.63) is 59.7 Å². The molecule has 5 nitrogen and oxygen atoms in total. The van der Waals surface area contributed by atoms with E-state index in [1.807, 2.05) is 19.1 Å². The molecule has 2 rings (SSSR count). The molecular weight excluding hydrogens is 310 g/mol. The second-order valence-electron chi connectivity index (χ2n) is 4.98. The number of nitriles is 1. The lowest BCUT2D eigenvalue weighted by atomic mass is 10.1. The summed E-state index contributed by atoms with van der Waals surface area (Å²) in [5.41, 5.74) is 2.62. The van der Waals surface area contributed by atoms with Crippen LogP contribution >= 0.6 is 0 Å². The Labute approximate surface area is 137 Å². The molecule has 1 amide bonds. The highest BCUT2D eigenvalue weighted by molar-refractivity contribution is 7.83. The SMILES string of the molecule is Cc1ccc(S(=O)NCC(=O)Nc2ccc(CC#N)cc2)cc1. The van der Waals surface area contributed by atoms with Crippen LogP contribution in [0, 0.1) is 18.3 Å². The molecule has 2 N–H and O–H groups in total. The van der Waals surface area contributed by atoms with E-state index in [1.54, 1.807) is 36.4 Å². The van der Waals surface area contributed by atoms with Crippen LogP contribution in [0.5, 0.6) is 0 Å². The molecule has 2 aromatic carbocycles. The van der Waals surface area contributed by atoms with Gasteiger partial charge in [-0.15, -0.1) is 0 Å². The van der Waals surface area contributed by atoms with Gasteiger partial charge in [0.1, 0.15) is 11.0 Å². The second kappa shape index (κ2) is 8.22. The Balaban J connectivity index is 1.84. The molecule has 0 aliphatic carbocycles. The van der Waals surface area contributed by atoms with Crippen molar-refractivity contribution in [2.45, 2.75) is 18.2 Å². The van der Waals surface area contributed by atoms with Gasteiger partial charge in [-0.1, -0.05) is 29.8 Å². The molecule has 1 atom stereocenters. The minimum atomic E-state index is -1.42. The fourth-order valence-corrected chi connectivity index (χ4v) is 2.69. The highest BCUT2D eigenvalue weighted by Gasteiger charge is 2.07. The number of rotatable bonds is 6. The monoisotopic (exact) mass is 327 g/mol. The number of carbonyl (C=O) groups is 1.